The highest BCUT2D eigenvalue weighted by Gasteiger charge is 2.32. The fourth-order valence-corrected chi connectivity index (χ4v) is 3.35. The Balaban J connectivity index is 1.66. The number of aromatic nitrogens is 1. The normalized spacial score (nSPS) is 26.5. The largest absolute Gasteiger partial charge is 0.373 e. The van der Waals surface area contributed by atoms with E-state index in [-0.39, 0.29) is 0 Å². The minimum Gasteiger partial charge on any atom is -0.373 e. The number of pyridine rings is 1. The van der Waals surface area contributed by atoms with Crippen molar-refractivity contribution in [3.05, 3.63) is 36.5 Å². The first-order chi connectivity index (χ1) is 9.92. The number of nitrogens with one attached hydrogen (secondary N) is 1. The van der Waals surface area contributed by atoms with Gasteiger partial charge in [0.25, 0.3) is 0 Å². The number of para-hydroxylation sites is 1. The fraction of sp³-hybridized carbons (Fsp3) is 0.438. The fourth-order valence-electron chi connectivity index (χ4n) is 3.35. The second kappa shape index (κ2) is 5.04. The van der Waals surface area contributed by atoms with E-state index in [1.807, 2.05) is 12.3 Å². The number of benzene rings is 1. The quantitative estimate of drug-likeness (QED) is 0.856. The van der Waals surface area contributed by atoms with E-state index in [0.717, 1.165) is 38.2 Å². The Morgan fingerprint density at radius 3 is 3.20 bits per heavy atom. The van der Waals surface area contributed by atoms with Crippen LogP contribution in [0.2, 0.25) is 0 Å². The molecule has 1 aromatic carbocycles. The van der Waals surface area contributed by atoms with E-state index >= 15 is 0 Å². The molecule has 1 N–H and O–H groups in total. The molecule has 0 amide bonds. The molecular formula is C16H19N3O. The van der Waals surface area contributed by atoms with Crippen molar-refractivity contribution in [1.29, 1.82) is 0 Å². The molecule has 4 heteroatoms. The first-order valence-corrected chi connectivity index (χ1v) is 7.35. The first kappa shape index (κ1) is 12.1. The molecule has 1 aromatic heterocycles. The van der Waals surface area contributed by atoms with Gasteiger partial charge < -0.3 is 15.0 Å². The van der Waals surface area contributed by atoms with Gasteiger partial charge in [0, 0.05) is 42.9 Å². The monoisotopic (exact) mass is 269 g/mol. The van der Waals surface area contributed by atoms with E-state index in [4.69, 9.17) is 4.74 Å². The summed E-state index contributed by atoms with van der Waals surface area (Å²) in [7, 11) is 0. The molecule has 2 unspecified atom stereocenters. The molecule has 4 nitrogen and oxygen atoms in total. The molecule has 2 atom stereocenters. The second-order valence-electron chi connectivity index (χ2n) is 5.55. The molecule has 0 saturated carbocycles. The van der Waals surface area contributed by atoms with E-state index in [2.05, 4.69) is 39.5 Å². The van der Waals surface area contributed by atoms with Crippen molar-refractivity contribution in [2.24, 2.45) is 0 Å². The van der Waals surface area contributed by atoms with Crippen molar-refractivity contribution in [2.45, 2.75) is 18.6 Å². The van der Waals surface area contributed by atoms with Gasteiger partial charge in [0.15, 0.2) is 0 Å². The van der Waals surface area contributed by atoms with Crippen molar-refractivity contribution in [3.8, 4) is 0 Å². The number of piperidine rings is 1. The maximum Gasteiger partial charge on any atom is 0.0903 e. The third-order valence-corrected chi connectivity index (χ3v) is 4.37. The number of ether oxygens (including phenoxy) is 1. The molecule has 4 rings (SSSR count). The Labute approximate surface area is 118 Å². The van der Waals surface area contributed by atoms with Gasteiger partial charge in [-0.3, -0.25) is 4.98 Å². The molecule has 3 heterocycles. The SMILES string of the molecule is c1ccc2c(N3CCC4NCCOC4C3)ccnc2c1. The van der Waals surface area contributed by atoms with Gasteiger partial charge >= 0.3 is 0 Å². The van der Waals surface area contributed by atoms with Crippen molar-refractivity contribution < 1.29 is 4.74 Å². The van der Waals surface area contributed by atoms with Crippen LogP contribution in [-0.2, 0) is 4.74 Å². The summed E-state index contributed by atoms with van der Waals surface area (Å²) in [5.74, 6) is 0. The van der Waals surface area contributed by atoms with Crippen molar-refractivity contribution in [3.63, 3.8) is 0 Å². The summed E-state index contributed by atoms with van der Waals surface area (Å²) >= 11 is 0. The van der Waals surface area contributed by atoms with Crippen molar-refractivity contribution >= 4 is 16.6 Å². The molecule has 0 radical (unpaired) electrons. The lowest BCUT2D eigenvalue weighted by Gasteiger charge is -2.42. The molecule has 2 aliphatic rings. The van der Waals surface area contributed by atoms with Crippen LogP contribution in [0.3, 0.4) is 0 Å². The third-order valence-electron chi connectivity index (χ3n) is 4.37. The minimum absolute atomic E-state index is 0.310. The van der Waals surface area contributed by atoms with Gasteiger partial charge in [0.2, 0.25) is 0 Å². The lowest BCUT2D eigenvalue weighted by atomic mass is 9.99. The molecule has 104 valence electrons. The maximum absolute atomic E-state index is 5.93. The predicted molar refractivity (Wildman–Crippen MR) is 80.1 cm³/mol. The van der Waals surface area contributed by atoms with Crippen LogP contribution in [0.5, 0.6) is 0 Å². The highest BCUT2D eigenvalue weighted by Crippen LogP contribution is 2.28. The van der Waals surface area contributed by atoms with Gasteiger partial charge in [-0.15, -0.1) is 0 Å². The summed E-state index contributed by atoms with van der Waals surface area (Å²) in [5, 5.41) is 4.80. The van der Waals surface area contributed by atoms with Crippen LogP contribution >= 0.6 is 0 Å². The molecule has 2 saturated heterocycles. The smallest absolute Gasteiger partial charge is 0.0903 e. The summed E-state index contributed by atoms with van der Waals surface area (Å²) in [4.78, 5) is 6.89. The summed E-state index contributed by atoms with van der Waals surface area (Å²) in [6, 6.07) is 11.0. The zero-order chi connectivity index (χ0) is 13.4. The molecule has 0 bridgehead atoms. The maximum atomic E-state index is 5.93. The van der Waals surface area contributed by atoms with E-state index in [1.54, 1.807) is 0 Å². The standard InChI is InChI=1S/C16H19N3O/c1-2-4-13-12(3-1)15(5-7-17-13)19-9-6-14-16(11-19)20-10-8-18-14/h1-5,7,14,16,18H,6,8-11H2. The number of morpholine rings is 1. The summed E-state index contributed by atoms with van der Waals surface area (Å²) < 4.78 is 5.93. The van der Waals surface area contributed by atoms with E-state index in [1.165, 1.54) is 11.1 Å². The number of hydrogen-bond acceptors (Lipinski definition) is 4. The van der Waals surface area contributed by atoms with Crippen LogP contribution in [0.25, 0.3) is 10.9 Å². The number of anilines is 1. The molecule has 0 aliphatic carbocycles. The van der Waals surface area contributed by atoms with Gasteiger partial charge in [-0.05, 0) is 18.6 Å². The Hall–Kier alpha value is -1.65. The lowest BCUT2D eigenvalue weighted by Crippen LogP contribution is -2.57. The van der Waals surface area contributed by atoms with Gasteiger partial charge in [-0.25, -0.2) is 0 Å². The van der Waals surface area contributed by atoms with Gasteiger partial charge in [-0.1, -0.05) is 18.2 Å². The van der Waals surface area contributed by atoms with E-state index < -0.39 is 0 Å². The van der Waals surface area contributed by atoms with E-state index in [0.29, 0.717) is 12.1 Å². The Morgan fingerprint density at radius 1 is 1.25 bits per heavy atom. The summed E-state index contributed by atoms with van der Waals surface area (Å²) in [6.45, 7) is 3.85. The number of rotatable bonds is 1. The highest BCUT2D eigenvalue weighted by atomic mass is 16.5. The molecular weight excluding hydrogens is 250 g/mol. The third kappa shape index (κ3) is 2.05. The minimum atomic E-state index is 0.310. The van der Waals surface area contributed by atoms with E-state index in [9.17, 15) is 0 Å². The van der Waals surface area contributed by atoms with Crippen molar-refractivity contribution in [2.75, 3.05) is 31.1 Å². The lowest BCUT2D eigenvalue weighted by molar-refractivity contribution is -0.00898. The zero-order valence-corrected chi connectivity index (χ0v) is 11.5. The Bertz CT molecular complexity index is 610. The average Bonchev–Trinajstić information content (AvgIpc) is 2.54. The van der Waals surface area contributed by atoms with Gasteiger partial charge in [0.05, 0.1) is 18.2 Å². The van der Waals surface area contributed by atoms with Gasteiger partial charge in [0.1, 0.15) is 0 Å². The topological polar surface area (TPSA) is 37.4 Å². The molecule has 20 heavy (non-hydrogen) atoms. The molecule has 2 fully saturated rings. The molecule has 2 aromatic rings. The zero-order valence-electron chi connectivity index (χ0n) is 11.5. The highest BCUT2D eigenvalue weighted by molar-refractivity contribution is 5.91. The van der Waals surface area contributed by atoms with Crippen LogP contribution in [0, 0.1) is 0 Å². The Kier molecular flexibility index (Phi) is 3.05. The molecule has 2 aliphatic heterocycles. The predicted octanol–water partition coefficient (Wildman–Crippen LogP) is 1.80. The molecule has 0 spiro atoms. The average molecular weight is 269 g/mol. The van der Waals surface area contributed by atoms with Crippen LogP contribution in [0.1, 0.15) is 6.42 Å². The Morgan fingerprint density at radius 2 is 2.20 bits per heavy atom. The second-order valence-corrected chi connectivity index (χ2v) is 5.55. The van der Waals surface area contributed by atoms with Crippen LogP contribution in [0.15, 0.2) is 36.5 Å². The van der Waals surface area contributed by atoms with Crippen LogP contribution in [0.4, 0.5) is 5.69 Å². The first-order valence-electron chi connectivity index (χ1n) is 7.35. The van der Waals surface area contributed by atoms with Gasteiger partial charge in [-0.2, -0.15) is 0 Å². The summed E-state index contributed by atoms with van der Waals surface area (Å²) in [5.41, 5.74) is 2.35. The van der Waals surface area contributed by atoms with Crippen molar-refractivity contribution in [1.82, 2.24) is 10.3 Å². The summed E-state index contributed by atoms with van der Waals surface area (Å²) in [6.07, 6.45) is 3.36. The number of fused-ring (bicyclic) bond motifs is 2. The van der Waals surface area contributed by atoms with Crippen LogP contribution < -0.4 is 10.2 Å². The van der Waals surface area contributed by atoms with Crippen LogP contribution in [-0.4, -0.2) is 43.4 Å². The number of hydrogen-bond donors (Lipinski definition) is 1. The number of nitrogens with zero attached hydrogens (tertiary/aromatic N) is 2.